The van der Waals surface area contributed by atoms with E-state index in [1.807, 2.05) is 19.1 Å². The Balaban J connectivity index is 2.19. The molecule has 1 aliphatic rings. The molecule has 0 amide bonds. The third-order valence-corrected chi connectivity index (χ3v) is 2.87. The molecule has 0 bridgehead atoms. The Labute approximate surface area is 106 Å². The summed E-state index contributed by atoms with van der Waals surface area (Å²) in [6, 6.07) is 5.37. The Hall–Kier alpha value is -1.75. The van der Waals surface area contributed by atoms with Gasteiger partial charge in [0.25, 0.3) is 0 Å². The van der Waals surface area contributed by atoms with Crippen LogP contribution in [0, 0.1) is 0 Å². The van der Waals surface area contributed by atoms with Gasteiger partial charge in [0, 0.05) is 12.5 Å². The average Bonchev–Trinajstić information content (AvgIpc) is 2.75. The Bertz CT molecular complexity index is 445. The largest absolute Gasteiger partial charge is 0.493 e. The lowest BCUT2D eigenvalue weighted by atomic mass is 10.1. The Morgan fingerprint density at radius 3 is 2.78 bits per heavy atom. The summed E-state index contributed by atoms with van der Waals surface area (Å²) in [4.78, 5) is 11.3. The van der Waals surface area contributed by atoms with Crippen LogP contribution in [0.2, 0.25) is 0 Å². The van der Waals surface area contributed by atoms with Gasteiger partial charge >= 0.3 is 5.97 Å². The van der Waals surface area contributed by atoms with Crippen LogP contribution in [0.5, 0.6) is 11.5 Å². The fourth-order valence-corrected chi connectivity index (χ4v) is 1.80. The molecule has 1 unspecified atom stereocenters. The molecular formula is C13H17NO4. The van der Waals surface area contributed by atoms with Crippen LogP contribution < -0.4 is 15.2 Å². The van der Waals surface area contributed by atoms with Crippen molar-refractivity contribution in [1.82, 2.24) is 0 Å². The van der Waals surface area contributed by atoms with E-state index in [2.05, 4.69) is 0 Å². The zero-order chi connectivity index (χ0) is 13.1. The summed E-state index contributed by atoms with van der Waals surface area (Å²) in [6.07, 6.45) is 0.0249. The fraction of sp³-hybridized carbons (Fsp3) is 0.462. The topological polar surface area (TPSA) is 70.8 Å². The van der Waals surface area contributed by atoms with Crippen molar-refractivity contribution in [3.8, 4) is 11.5 Å². The molecule has 1 aliphatic heterocycles. The van der Waals surface area contributed by atoms with E-state index in [-0.39, 0.29) is 12.0 Å². The van der Waals surface area contributed by atoms with E-state index in [0.717, 1.165) is 5.56 Å². The molecule has 0 aromatic heterocycles. The molecule has 1 aromatic rings. The number of carbonyl (C=O) groups excluding carboxylic acids is 1. The molecule has 0 aliphatic carbocycles. The maximum atomic E-state index is 11.3. The minimum absolute atomic E-state index is 0.0793. The smallest absolute Gasteiger partial charge is 0.347 e. The van der Waals surface area contributed by atoms with Crippen LogP contribution in [0.4, 0.5) is 0 Å². The number of hydrogen-bond acceptors (Lipinski definition) is 5. The standard InChI is InChI=1S/C13H17NO4/c1-8(14)9-3-4-10(12(7-9)16-2)18-11-5-6-17-13(11)15/h3-4,7-8,11H,5-6,14H2,1-2H3/t8-,11?/m1/s1. The first-order chi connectivity index (χ1) is 8.61. The lowest BCUT2D eigenvalue weighted by Crippen LogP contribution is -2.22. The van der Waals surface area contributed by atoms with Crippen molar-refractivity contribution >= 4 is 5.97 Å². The van der Waals surface area contributed by atoms with Crippen molar-refractivity contribution < 1.29 is 19.0 Å². The average molecular weight is 251 g/mol. The van der Waals surface area contributed by atoms with E-state index in [9.17, 15) is 4.79 Å². The summed E-state index contributed by atoms with van der Waals surface area (Å²) in [6.45, 7) is 2.30. The number of rotatable bonds is 4. The lowest BCUT2D eigenvalue weighted by molar-refractivity contribution is -0.143. The van der Waals surface area contributed by atoms with Crippen LogP contribution in [0.3, 0.4) is 0 Å². The third-order valence-electron chi connectivity index (χ3n) is 2.87. The maximum Gasteiger partial charge on any atom is 0.347 e. The van der Waals surface area contributed by atoms with Crippen LogP contribution in [-0.2, 0) is 9.53 Å². The summed E-state index contributed by atoms with van der Waals surface area (Å²) in [5.74, 6) is 0.781. The molecule has 2 atom stereocenters. The van der Waals surface area contributed by atoms with Crippen molar-refractivity contribution in [1.29, 1.82) is 0 Å². The molecule has 0 radical (unpaired) electrons. The van der Waals surface area contributed by atoms with Crippen LogP contribution in [0.25, 0.3) is 0 Å². The number of benzene rings is 1. The van der Waals surface area contributed by atoms with E-state index in [1.165, 1.54) is 0 Å². The van der Waals surface area contributed by atoms with Crippen LogP contribution in [-0.4, -0.2) is 25.8 Å². The SMILES string of the molecule is COc1cc([C@@H](C)N)ccc1OC1CCOC1=O. The number of methoxy groups -OCH3 is 1. The van der Waals surface area contributed by atoms with Crippen molar-refractivity contribution in [2.45, 2.75) is 25.5 Å². The van der Waals surface area contributed by atoms with Crippen LogP contribution in [0.15, 0.2) is 18.2 Å². The molecule has 98 valence electrons. The highest BCUT2D eigenvalue weighted by molar-refractivity contribution is 5.77. The molecule has 1 aromatic carbocycles. The molecule has 1 heterocycles. The predicted molar refractivity (Wildman–Crippen MR) is 65.6 cm³/mol. The summed E-state index contributed by atoms with van der Waals surface area (Å²) in [5.41, 5.74) is 6.75. The van der Waals surface area contributed by atoms with Gasteiger partial charge in [-0.1, -0.05) is 6.07 Å². The zero-order valence-corrected chi connectivity index (χ0v) is 10.5. The number of ether oxygens (including phenoxy) is 3. The minimum atomic E-state index is -0.542. The molecule has 1 saturated heterocycles. The summed E-state index contributed by atoms with van der Waals surface area (Å²) in [5, 5.41) is 0. The van der Waals surface area contributed by atoms with Crippen molar-refractivity contribution in [3.05, 3.63) is 23.8 Å². The first-order valence-electron chi connectivity index (χ1n) is 5.88. The molecule has 2 rings (SSSR count). The second kappa shape index (κ2) is 5.27. The van der Waals surface area contributed by atoms with Gasteiger partial charge in [0.05, 0.1) is 13.7 Å². The summed E-state index contributed by atoms with van der Waals surface area (Å²) >= 11 is 0. The third kappa shape index (κ3) is 2.56. The van der Waals surface area contributed by atoms with E-state index < -0.39 is 6.10 Å². The molecule has 5 heteroatoms. The van der Waals surface area contributed by atoms with E-state index in [4.69, 9.17) is 19.9 Å². The quantitative estimate of drug-likeness (QED) is 0.819. The van der Waals surface area contributed by atoms with Gasteiger partial charge in [-0.2, -0.15) is 0 Å². The van der Waals surface area contributed by atoms with Gasteiger partial charge in [0.2, 0.25) is 0 Å². The molecule has 1 fully saturated rings. The molecule has 18 heavy (non-hydrogen) atoms. The first kappa shape index (κ1) is 12.7. The highest BCUT2D eigenvalue weighted by atomic mass is 16.6. The fourth-order valence-electron chi connectivity index (χ4n) is 1.80. The zero-order valence-electron chi connectivity index (χ0n) is 10.5. The minimum Gasteiger partial charge on any atom is -0.493 e. The number of nitrogens with two attached hydrogens (primary N) is 1. The van der Waals surface area contributed by atoms with Gasteiger partial charge in [0.1, 0.15) is 0 Å². The summed E-state index contributed by atoms with van der Waals surface area (Å²) in [7, 11) is 1.56. The van der Waals surface area contributed by atoms with E-state index in [1.54, 1.807) is 13.2 Å². The Morgan fingerprint density at radius 2 is 2.22 bits per heavy atom. The van der Waals surface area contributed by atoms with Crippen LogP contribution >= 0.6 is 0 Å². The molecule has 5 nitrogen and oxygen atoms in total. The molecular weight excluding hydrogens is 234 g/mol. The van der Waals surface area contributed by atoms with Gasteiger partial charge in [0.15, 0.2) is 17.6 Å². The number of cyclic esters (lactones) is 1. The second-order valence-electron chi connectivity index (χ2n) is 4.26. The lowest BCUT2D eigenvalue weighted by Gasteiger charge is -2.15. The van der Waals surface area contributed by atoms with Crippen LogP contribution in [0.1, 0.15) is 24.9 Å². The number of carbonyl (C=O) groups is 1. The van der Waals surface area contributed by atoms with Crippen molar-refractivity contribution in [2.24, 2.45) is 5.73 Å². The Morgan fingerprint density at radius 1 is 1.44 bits per heavy atom. The van der Waals surface area contributed by atoms with Crippen molar-refractivity contribution in [3.63, 3.8) is 0 Å². The van der Waals surface area contributed by atoms with Gasteiger partial charge in [-0.15, -0.1) is 0 Å². The summed E-state index contributed by atoms with van der Waals surface area (Å²) < 4.78 is 15.7. The monoisotopic (exact) mass is 251 g/mol. The van der Waals surface area contributed by atoms with Gasteiger partial charge in [-0.3, -0.25) is 0 Å². The van der Waals surface area contributed by atoms with Gasteiger partial charge in [-0.25, -0.2) is 4.79 Å². The van der Waals surface area contributed by atoms with Crippen molar-refractivity contribution in [2.75, 3.05) is 13.7 Å². The molecule has 0 spiro atoms. The number of hydrogen-bond donors (Lipinski definition) is 1. The Kier molecular flexibility index (Phi) is 3.72. The maximum absolute atomic E-state index is 11.3. The molecule has 2 N–H and O–H groups in total. The van der Waals surface area contributed by atoms with E-state index >= 15 is 0 Å². The van der Waals surface area contributed by atoms with Gasteiger partial charge < -0.3 is 19.9 Å². The highest BCUT2D eigenvalue weighted by Gasteiger charge is 2.29. The first-order valence-corrected chi connectivity index (χ1v) is 5.88. The number of esters is 1. The van der Waals surface area contributed by atoms with Gasteiger partial charge in [-0.05, 0) is 24.6 Å². The predicted octanol–water partition coefficient (Wildman–Crippen LogP) is 1.41. The second-order valence-corrected chi connectivity index (χ2v) is 4.26. The van der Waals surface area contributed by atoms with E-state index in [0.29, 0.717) is 24.5 Å². The normalized spacial score (nSPS) is 20.4. The highest BCUT2D eigenvalue weighted by Crippen LogP contribution is 2.31. The molecule has 0 saturated carbocycles.